The summed E-state index contributed by atoms with van der Waals surface area (Å²) in [5.41, 5.74) is 3.27. The molecule has 194 valence electrons. The lowest BCUT2D eigenvalue weighted by molar-refractivity contribution is -0.118. The molecule has 0 spiro atoms. The molecule has 1 aliphatic heterocycles. The summed E-state index contributed by atoms with van der Waals surface area (Å²) in [5, 5.41) is 3.35. The molecule has 1 fully saturated rings. The van der Waals surface area contributed by atoms with Crippen molar-refractivity contribution in [3.8, 4) is 5.75 Å². The van der Waals surface area contributed by atoms with Gasteiger partial charge in [0, 0.05) is 29.8 Å². The van der Waals surface area contributed by atoms with Crippen molar-refractivity contribution >= 4 is 38.9 Å². The Morgan fingerprint density at radius 2 is 1.76 bits per heavy atom. The van der Waals surface area contributed by atoms with Crippen LogP contribution in [0, 0.1) is 0 Å². The van der Waals surface area contributed by atoms with Crippen molar-refractivity contribution in [2.45, 2.75) is 43.0 Å². The van der Waals surface area contributed by atoms with E-state index in [0.717, 1.165) is 50.8 Å². The van der Waals surface area contributed by atoms with Gasteiger partial charge in [-0.1, -0.05) is 35.9 Å². The summed E-state index contributed by atoms with van der Waals surface area (Å²) in [6.45, 7) is 1.39. The number of nitrogens with one attached hydrogen (secondary N) is 2. The van der Waals surface area contributed by atoms with Crippen molar-refractivity contribution in [1.29, 1.82) is 0 Å². The van der Waals surface area contributed by atoms with Gasteiger partial charge in [0.25, 0.3) is 5.91 Å². The van der Waals surface area contributed by atoms with Crippen molar-refractivity contribution in [3.63, 3.8) is 0 Å². The number of carbonyl (C=O) groups excluding carboxylic acids is 1. The molecule has 3 aromatic rings. The van der Waals surface area contributed by atoms with Gasteiger partial charge in [0.1, 0.15) is 10.6 Å². The molecule has 0 radical (unpaired) electrons. The molecular weight excluding hydrogens is 510 g/mol. The summed E-state index contributed by atoms with van der Waals surface area (Å²) in [6.07, 6.45) is 4.65. The lowest BCUT2D eigenvalue weighted by Crippen LogP contribution is -2.32. The lowest BCUT2D eigenvalue weighted by atomic mass is 9.88. The van der Waals surface area contributed by atoms with Crippen LogP contribution in [0.15, 0.2) is 71.6 Å². The van der Waals surface area contributed by atoms with Crippen molar-refractivity contribution < 1.29 is 17.9 Å². The van der Waals surface area contributed by atoms with Gasteiger partial charge in [0.2, 0.25) is 10.0 Å². The number of rotatable bonds is 8. The number of benzene rings is 3. The summed E-state index contributed by atoms with van der Waals surface area (Å²) in [7, 11) is -3.88. The maximum absolute atomic E-state index is 13.8. The van der Waals surface area contributed by atoms with E-state index in [1.54, 1.807) is 42.5 Å². The van der Waals surface area contributed by atoms with Crippen molar-refractivity contribution in [2.24, 2.45) is 0 Å². The Morgan fingerprint density at radius 1 is 1.00 bits per heavy atom. The van der Waals surface area contributed by atoms with Gasteiger partial charge in [0.05, 0.1) is 5.69 Å². The van der Waals surface area contributed by atoms with E-state index in [4.69, 9.17) is 16.3 Å². The van der Waals surface area contributed by atoms with Crippen LogP contribution in [0.1, 0.15) is 42.9 Å². The van der Waals surface area contributed by atoms with E-state index in [0.29, 0.717) is 22.1 Å². The number of anilines is 2. The first-order chi connectivity index (χ1) is 17.9. The molecule has 2 aliphatic rings. The third kappa shape index (κ3) is 6.09. The van der Waals surface area contributed by atoms with Crippen LogP contribution in [0.4, 0.5) is 11.4 Å². The number of hydrogen-bond acceptors (Lipinski definition) is 5. The second-order valence-electron chi connectivity index (χ2n) is 9.43. The highest BCUT2D eigenvalue weighted by Gasteiger charge is 2.29. The number of carbonyl (C=O) groups is 1. The van der Waals surface area contributed by atoms with Crippen LogP contribution in [0.3, 0.4) is 0 Å². The molecule has 1 saturated heterocycles. The van der Waals surface area contributed by atoms with Crippen LogP contribution in [0.5, 0.6) is 5.75 Å². The highest BCUT2D eigenvalue weighted by atomic mass is 35.5. The molecule has 7 nitrogen and oxygen atoms in total. The molecule has 3 aromatic carbocycles. The maximum Gasteiger partial charge on any atom is 0.262 e. The Morgan fingerprint density at radius 3 is 2.54 bits per heavy atom. The molecule has 0 bridgehead atoms. The van der Waals surface area contributed by atoms with E-state index in [9.17, 15) is 13.2 Å². The number of hydrogen-bond donors (Lipinski definition) is 2. The van der Waals surface area contributed by atoms with Crippen LogP contribution in [0.25, 0.3) is 0 Å². The Kier molecular flexibility index (Phi) is 7.69. The Hall–Kier alpha value is -3.07. The fraction of sp³-hybridized carbons (Fsp3) is 0.321. The average molecular weight is 540 g/mol. The first kappa shape index (κ1) is 25.6. The number of aryl methyl sites for hydroxylation is 1. The van der Waals surface area contributed by atoms with Gasteiger partial charge in [0.15, 0.2) is 6.61 Å². The van der Waals surface area contributed by atoms with Crippen LogP contribution in [-0.2, 0) is 21.2 Å². The first-order valence-corrected chi connectivity index (χ1v) is 14.4. The van der Waals surface area contributed by atoms with Crippen LogP contribution >= 0.6 is 11.6 Å². The number of nitrogens with zero attached hydrogens (tertiary/aromatic N) is 1. The molecule has 0 saturated carbocycles. The highest BCUT2D eigenvalue weighted by Crippen LogP contribution is 2.35. The minimum atomic E-state index is -3.88. The zero-order valence-corrected chi connectivity index (χ0v) is 22.0. The van der Waals surface area contributed by atoms with Crippen molar-refractivity contribution in [3.05, 3.63) is 82.9 Å². The third-order valence-corrected chi connectivity index (χ3v) is 8.58. The predicted octanol–water partition coefficient (Wildman–Crippen LogP) is 5.31. The Balaban J connectivity index is 1.37. The normalized spacial score (nSPS) is 17.3. The van der Waals surface area contributed by atoms with Crippen LogP contribution in [-0.4, -0.2) is 34.0 Å². The monoisotopic (exact) mass is 539 g/mol. The third-order valence-electron chi connectivity index (χ3n) is 6.83. The van der Waals surface area contributed by atoms with E-state index in [1.807, 2.05) is 18.2 Å². The van der Waals surface area contributed by atoms with Crippen molar-refractivity contribution in [1.82, 2.24) is 4.72 Å². The largest absolute Gasteiger partial charge is 0.484 e. The number of ether oxygens (including phenoxy) is 1. The van der Waals surface area contributed by atoms with Gasteiger partial charge in [-0.15, -0.1) is 0 Å². The molecule has 1 amide bonds. The zero-order valence-electron chi connectivity index (χ0n) is 20.5. The summed E-state index contributed by atoms with van der Waals surface area (Å²) in [6, 6.07) is 19.5. The van der Waals surface area contributed by atoms with Gasteiger partial charge < -0.3 is 15.0 Å². The predicted molar refractivity (Wildman–Crippen MR) is 146 cm³/mol. The van der Waals surface area contributed by atoms with Gasteiger partial charge in [-0.05, 0) is 85.7 Å². The van der Waals surface area contributed by atoms with Gasteiger partial charge >= 0.3 is 0 Å². The Labute approximate surface area is 222 Å². The molecule has 1 atom stereocenters. The van der Waals surface area contributed by atoms with E-state index < -0.39 is 10.0 Å². The second kappa shape index (κ2) is 11.1. The molecule has 5 rings (SSSR count). The number of sulfonamides is 1. The van der Waals surface area contributed by atoms with Crippen LogP contribution in [0.2, 0.25) is 5.02 Å². The van der Waals surface area contributed by atoms with E-state index in [1.165, 1.54) is 5.56 Å². The summed E-state index contributed by atoms with van der Waals surface area (Å²) in [4.78, 5) is 14.8. The topological polar surface area (TPSA) is 87.7 Å². The summed E-state index contributed by atoms with van der Waals surface area (Å²) < 4.78 is 36.0. The molecule has 1 aliphatic carbocycles. The fourth-order valence-electron chi connectivity index (χ4n) is 5.03. The van der Waals surface area contributed by atoms with E-state index in [2.05, 4.69) is 21.0 Å². The molecule has 0 aromatic heterocycles. The molecule has 1 heterocycles. The lowest BCUT2D eigenvalue weighted by Gasteiger charge is -2.28. The number of halogens is 1. The summed E-state index contributed by atoms with van der Waals surface area (Å²) >= 11 is 5.89. The Bertz CT molecular complexity index is 1370. The quantitative estimate of drug-likeness (QED) is 0.405. The van der Waals surface area contributed by atoms with E-state index >= 15 is 0 Å². The maximum atomic E-state index is 13.8. The fourth-order valence-corrected chi connectivity index (χ4v) is 6.66. The average Bonchev–Trinajstić information content (AvgIpc) is 3.43. The van der Waals surface area contributed by atoms with Gasteiger partial charge in [-0.25, -0.2) is 13.1 Å². The molecule has 9 heteroatoms. The first-order valence-electron chi connectivity index (χ1n) is 12.6. The molecular formula is C28H30ClN3O4S. The standard InChI is InChI=1S/C28H30ClN3O4S/c29-21-10-13-23(14-11-21)36-19-28(33)30-22-12-15-26(32-16-3-4-17-32)27(18-22)37(34,35)31-25-9-5-7-20-6-1-2-8-24(20)25/h1-2,6,8,10-15,18,25,31H,3-5,7,9,16-17,19H2,(H,30,33)/t25-/m1/s1. The molecule has 0 unspecified atom stereocenters. The smallest absolute Gasteiger partial charge is 0.262 e. The SMILES string of the molecule is O=C(COc1ccc(Cl)cc1)Nc1ccc(N2CCCC2)c(S(=O)(=O)N[C@@H]2CCCc3ccccc32)c1. The highest BCUT2D eigenvalue weighted by molar-refractivity contribution is 7.89. The zero-order chi connectivity index (χ0) is 25.8. The second-order valence-corrected chi connectivity index (χ2v) is 11.6. The van der Waals surface area contributed by atoms with Gasteiger partial charge in [-0.2, -0.15) is 0 Å². The minimum Gasteiger partial charge on any atom is -0.484 e. The van der Waals surface area contributed by atoms with Crippen molar-refractivity contribution in [2.75, 3.05) is 29.9 Å². The van der Waals surface area contributed by atoms with E-state index in [-0.39, 0.29) is 23.5 Å². The van der Waals surface area contributed by atoms with Crippen LogP contribution < -0.4 is 19.7 Å². The van der Waals surface area contributed by atoms with Gasteiger partial charge in [-0.3, -0.25) is 4.79 Å². The molecule has 2 N–H and O–H groups in total. The number of amides is 1. The molecule has 37 heavy (non-hydrogen) atoms. The minimum absolute atomic E-state index is 0.175. The summed E-state index contributed by atoms with van der Waals surface area (Å²) in [5.74, 6) is 0.130. The number of fused-ring (bicyclic) bond motifs is 1.